The fraction of sp³-hybridized carbons (Fsp3) is 0.409. The summed E-state index contributed by atoms with van der Waals surface area (Å²) in [6.45, 7) is 1.53. The van der Waals surface area contributed by atoms with Crippen LogP contribution in [0.1, 0.15) is 30.0 Å². The molecule has 1 saturated heterocycles. The van der Waals surface area contributed by atoms with Gasteiger partial charge in [-0.1, -0.05) is 40.2 Å². The van der Waals surface area contributed by atoms with Crippen LogP contribution in [0.2, 0.25) is 0 Å². The minimum atomic E-state index is -0.599. The first-order chi connectivity index (χ1) is 13.4. The second-order valence-corrected chi connectivity index (χ2v) is 8.36. The molecule has 150 valence electrons. The Morgan fingerprint density at radius 3 is 2.50 bits per heavy atom. The van der Waals surface area contributed by atoms with E-state index < -0.39 is 5.41 Å². The number of likely N-dealkylation sites (N-methyl/N-ethyl adjacent to an activating group) is 1. The van der Waals surface area contributed by atoms with Gasteiger partial charge in [0.2, 0.25) is 5.91 Å². The normalized spacial score (nSPS) is 17.3. The highest BCUT2D eigenvalue weighted by Crippen LogP contribution is 2.36. The molecular formula is C22H26BrFN2O2. The van der Waals surface area contributed by atoms with E-state index in [4.69, 9.17) is 4.74 Å². The number of carbonyl (C=O) groups is 1. The van der Waals surface area contributed by atoms with Gasteiger partial charge < -0.3 is 15.0 Å². The zero-order valence-corrected chi connectivity index (χ0v) is 17.8. The number of nitrogens with zero attached hydrogens (tertiary/aromatic N) is 1. The molecule has 2 aromatic carbocycles. The summed E-state index contributed by atoms with van der Waals surface area (Å²) in [7, 11) is 3.86. The quantitative estimate of drug-likeness (QED) is 0.724. The minimum Gasteiger partial charge on any atom is -0.381 e. The van der Waals surface area contributed by atoms with Crippen LogP contribution in [0.3, 0.4) is 0 Å². The highest BCUT2D eigenvalue weighted by molar-refractivity contribution is 9.10. The van der Waals surface area contributed by atoms with Crippen molar-refractivity contribution in [3.63, 3.8) is 0 Å². The Bertz CT molecular complexity index is 804. The van der Waals surface area contributed by atoms with E-state index in [0.29, 0.717) is 32.6 Å². The van der Waals surface area contributed by atoms with Crippen LogP contribution in [-0.2, 0) is 14.9 Å². The van der Waals surface area contributed by atoms with Gasteiger partial charge in [0, 0.05) is 24.2 Å². The van der Waals surface area contributed by atoms with Gasteiger partial charge >= 0.3 is 0 Å². The van der Waals surface area contributed by atoms with Crippen molar-refractivity contribution in [1.82, 2.24) is 10.2 Å². The maximum absolute atomic E-state index is 13.7. The van der Waals surface area contributed by atoms with Gasteiger partial charge in [-0.25, -0.2) is 4.39 Å². The third kappa shape index (κ3) is 4.62. The molecule has 1 atom stereocenters. The van der Waals surface area contributed by atoms with Gasteiger partial charge in [-0.15, -0.1) is 0 Å². The molecule has 0 radical (unpaired) electrons. The van der Waals surface area contributed by atoms with Crippen molar-refractivity contribution in [1.29, 1.82) is 0 Å². The summed E-state index contributed by atoms with van der Waals surface area (Å²) >= 11 is 3.46. The Kier molecular flexibility index (Phi) is 6.86. The molecule has 28 heavy (non-hydrogen) atoms. The topological polar surface area (TPSA) is 41.6 Å². The van der Waals surface area contributed by atoms with Crippen molar-refractivity contribution in [2.45, 2.75) is 24.3 Å². The van der Waals surface area contributed by atoms with E-state index in [-0.39, 0.29) is 17.8 Å². The standard InChI is InChI=1S/C22H26BrFN2O2/c1-26(2)20(16-4-3-5-19(24)14-16)15-25-21(27)22(10-12-28-13-11-22)17-6-8-18(23)9-7-17/h3-9,14,20H,10-13,15H2,1-2H3,(H,25,27). The molecule has 0 saturated carbocycles. The van der Waals surface area contributed by atoms with Gasteiger partial charge in [0.25, 0.3) is 0 Å². The number of amides is 1. The summed E-state index contributed by atoms with van der Waals surface area (Å²) in [4.78, 5) is 15.4. The van der Waals surface area contributed by atoms with Crippen molar-refractivity contribution in [2.24, 2.45) is 0 Å². The summed E-state index contributed by atoms with van der Waals surface area (Å²) < 4.78 is 20.2. The second-order valence-electron chi connectivity index (χ2n) is 7.45. The summed E-state index contributed by atoms with van der Waals surface area (Å²) in [5, 5.41) is 3.14. The highest BCUT2D eigenvalue weighted by Gasteiger charge is 2.41. The van der Waals surface area contributed by atoms with Crippen LogP contribution >= 0.6 is 15.9 Å². The summed E-state index contributed by atoms with van der Waals surface area (Å²) in [5.41, 5.74) is 1.25. The summed E-state index contributed by atoms with van der Waals surface area (Å²) in [5.74, 6) is -0.271. The molecule has 1 aliphatic rings. The van der Waals surface area contributed by atoms with Crippen molar-refractivity contribution >= 4 is 21.8 Å². The van der Waals surface area contributed by atoms with Crippen LogP contribution in [0.15, 0.2) is 53.0 Å². The lowest BCUT2D eigenvalue weighted by atomic mass is 9.73. The van der Waals surface area contributed by atoms with Crippen LogP contribution in [-0.4, -0.2) is 44.7 Å². The van der Waals surface area contributed by atoms with E-state index in [1.165, 1.54) is 12.1 Å². The smallest absolute Gasteiger partial charge is 0.230 e. The number of carbonyl (C=O) groups excluding carboxylic acids is 1. The molecule has 1 aliphatic heterocycles. The number of hydrogen-bond acceptors (Lipinski definition) is 3. The Hall–Kier alpha value is -1.76. The second kappa shape index (κ2) is 9.16. The number of rotatable bonds is 6. The fourth-order valence-electron chi connectivity index (χ4n) is 3.81. The maximum Gasteiger partial charge on any atom is 0.230 e. The molecule has 1 amide bonds. The molecular weight excluding hydrogens is 423 g/mol. The van der Waals surface area contributed by atoms with Crippen LogP contribution < -0.4 is 5.32 Å². The van der Waals surface area contributed by atoms with E-state index in [1.54, 1.807) is 6.07 Å². The number of ether oxygens (including phenoxy) is 1. The zero-order valence-electron chi connectivity index (χ0n) is 16.3. The van der Waals surface area contributed by atoms with Crippen molar-refractivity contribution in [3.05, 3.63) is 69.9 Å². The lowest BCUT2D eigenvalue weighted by molar-refractivity contribution is -0.130. The largest absolute Gasteiger partial charge is 0.381 e. The van der Waals surface area contributed by atoms with Gasteiger partial charge in [-0.05, 0) is 62.3 Å². The Morgan fingerprint density at radius 1 is 1.21 bits per heavy atom. The number of benzene rings is 2. The Morgan fingerprint density at radius 2 is 1.89 bits per heavy atom. The average Bonchev–Trinajstić information content (AvgIpc) is 2.69. The summed E-state index contributed by atoms with van der Waals surface area (Å²) in [6, 6.07) is 14.4. The molecule has 2 aromatic rings. The fourth-order valence-corrected chi connectivity index (χ4v) is 4.07. The van der Waals surface area contributed by atoms with Crippen molar-refractivity contribution < 1.29 is 13.9 Å². The molecule has 4 nitrogen and oxygen atoms in total. The van der Waals surface area contributed by atoms with E-state index in [9.17, 15) is 9.18 Å². The first kappa shape index (κ1) is 21.0. The van der Waals surface area contributed by atoms with Gasteiger partial charge in [-0.3, -0.25) is 4.79 Å². The lowest BCUT2D eigenvalue weighted by Gasteiger charge is -2.37. The van der Waals surface area contributed by atoms with Crippen molar-refractivity contribution in [3.8, 4) is 0 Å². The molecule has 3 rings (SSSR count). The average molecular weight is 449 g/mol. The van der Waals surface area contributed by atoms with Crippen LogP contribution in [0.4, 0.5) is 4.39 Å². The molecule has 0 spiro atoms. The predicted molar refractivity (Wildman–Crippen MR) is 112 cm³/mol. The highest BCUT2D eigenvalue weighted by atomic mass is 79.9. The number of hydrogen-bond donors (Lipinski definition) is 1. The first-order valence-electron chi connectivity index (χ1n) is 9.46. The van der Waals surface area contributed by atoms with Crippen LogP contribution in [0, 0.1) is 5.82 Å². The van der Waals surface area contributed by atoms with E-state index in [2.05, 4.69) is 21.2 Å². The lowest BCUT2D eigenvalue weighted by Crippen LogP contribution is -2.49. The van der Waals surface area contributed by atoms with E-state index >= 15 is 0 Å². The number of nitrogens with one attached hydrogen (secondary N) is 1. The third-order valence-corrected chi connectivity index (χ3v) is 6.02. The van der Waals surface area contributed by atoms with Gasteiger partial charge in [0.05, 0.1) is 11.5 Å². The molecule has 6 heteroatoms. The monoisotopic (exact) mass is 448 g/mol. The molecule has 1 fully saturated rings. The number of halogens is 2. The molecule has 1 heterocycles. The molecule has 1 N–H and O–H groups in total. The van der Waals surface area contributed by atoms with E-state index in [1.807, 2.05) is 49.3 Å². The minimum absolute atomic E-state index is 0.00127. The van der Waals surface area contributed by atoms with E-state index in [0.717, 1.165) is 15.6 Å². The summed E-state index contributed by atoms with van der Waals surface area (Å²) in [6.07, 6.45) is 1.29. The third-order valence-electron chi connectivity index (χ3n) is 5.49. The first-order valence-corrected chi connectivity index (χ1v) is 10.3. The molecule has 0 aliphatic carbocycles. The van der Waals surface area contributed by atoms with Gasteiger partial charge in [0.15, 0.2) is 0 Å². The predicted octanol–water partition coefficient (Wildman–Crippen LogP) is 4.06. The Labute approximate surface area is 174 Å². The van der Waals surface area contributed by atoms with Crippen LogP contribution in [0.5, 0.6) is 0 Å². The molecule has 0 aromatic heterocycles. The molecule has 0 bridgehead atoms. The van der Waals surface area contributed by atoms with Gasteiger partial charge in [-0.2, -0.15) is 0 Å². The van der Waals surface area contributed by atoms with Crippen molar-refractivity contribution in [2.75, 3.05) is 33.9 Å². The SMILES string of the molecule is CN(C)C(CNC(=O)C1(c2ccc(Br)cc2)CCOCC1)c1cccc(F)c1. The van der Waals surface area contributed by atoms with Gasteiger partial charge in [0.1, 0.15) is 5.82 Å². The maximum atomic E-state index is 13.7. The van der Waals surface area contributed by atoms with Crippen LogP contribution in [0.25, 0.3) is 0 Å². The molecule has 1 unspecified atom stereocenters. The Balaban J connectivity index is 1.80. The zero-order chi connectivity index (χ0) is 20.1.